The lowest BCUT2D eigenvalue weighted by Gasteiger charge is -2.23. The van der Waals surface area contributed by atoms with Crippen LogP contribution in [0.15, 0.2) is 103 Å². The summed E-state index contributed by atoms with van der Waals surface area (Å²) in [5.74, 6) is -1.48. The van der Waals surface area contributed by atoms with Gasteiger partial charge in [-0.05, 0) is 55.0 Å². The molecule has 5 aromatic rings. The molecule has 0 spiro atoms. The number of benzene rings is 3. The minimum Gasteiger partial charge on any atom is -0.453 e. The van der Waals surface area contributed by atoms with Crippen molar-refractivity contribution in [1.29, 1.82) is 0 Å². The highest BCUT2D eigenvalue weighted by Crippen LogP contribution is 2.37. The minimum absolute atomic E-state index is 0.0544. The maximum atomic E-state index is 15.1. The minimum atomic E-state index is -0.728. The average Bonchev–Trinajstić information content (AvgIpc) is 3.42. The molecule has 0 atom stereocenters. The van der Waals surface area contributed by atoms with Crippen molar-refractivity contribution < 1.29 is 23.1 Å². The van der Waals surface area contributed by atoms with E-state index in [4.69, 9.17) is 4.74 Å². The normalized spacial score (nSPS) is 11.5. The van der Waals surface area contributed by atoms with Gasteiger partial charge in [-0.2, -0.15) is 0 Å². The quantitative estimate of drug-likeness (QED) is 0.0620. The van der Waals surface area contributed by atoms with Crippen LogP contribution in [-0.4, -0.2) is 34.2 Å². The maximum Gasteiger partial charge on any atom is 0.260 e. The lowest BCUT2D eigenvalue weighted by Crippen LogP contribution is -2.28. The zero-order chi connectivity index (χ0) is 28.9. The molecule has 0 fully saturated rings. The number of fused-ring (bicyclic) bond motifs is 1. The molecule has 0 aliphatic heterocycles. The third-order valence-corrected chi connectivity index (χ3v) is 6.43. The van der Waals surface area contributed by atoms with Gasteiger partial charge in [0.2, 0.25) is 0 Å². The number of aldehydes is 1. The summed E-state index contributed by atoms with van der Waals surface area (Å²) >= 11 is 0. The number of hydrazine groups is 1. The summed E-state index contributed by atoms with van der Waals surface area (Å²) in [7, 11) is 1.60. The Labute approximate surface area is 234 Å². The van der Waals surface area contributed by atoms with Crippen molar-refractivity contribution in [2.24, 2.45) is 0 Å². The van der Waals surface area contributed by atoms with Crippen LogP contribution in [0.3, 0.4) is 0 Å². The fraction of sp³-hybridized carbons (Fsp3) is 0.0645. The summed E-state index contributed by atoms with van der Waals surface area (Å²) in [4.78, 5) is 32.2. The predicted octanol–water partition coefficient (Wildman–Crippen LogP) is 6.67. The number of rotatable bonds is 9. The first-order chi connectivity index (χ1) is 19.8. The molecule has 0 saturated carbocycles. The Bertz CT molecular complexity index is 1750. The van der Waals surface area contributed by atoms with Crippen LogP contribution in [0.5, 0.6) is 11.5 Å². The number of hydrogen-bond donors (Lipinski definition) is 3. The number of ether oxygens (including phenoxy) is 1. The molecule has 5 rings (SSSR count). The van der Waals surface area contributed by atoms with E-state index in [1.807, 2.05) is 36.5 Å². The number of H-pyrrole nitrogens is 1. The number of allylic oxidation sites excluding steroid dienone is 1. The van der Waals surface area contributed by atoms with Gasteiger partial charge in [0, 0.05) is 42.5 Å². The molecule has 0 saturated heterocycles. The lowest BCUT2D eigenvalue weighted by atomic mass is 10.1. The predicted molar refractivity (Wildman–Crippen MR) is 153 cm³/mol. The molecule has 3 aromatic carbocycles. The Morgan fingerprint density at radius 3 is 2.41 bits per heavy atom. The van der Waals surface area contributed by atoms with Gasteiger partial charge in [0.15, 0.2) is 17.9 Å². The van der Waals surface area contributed by atoms with Crippen LogP contribution in [0.1, 0.15) is 6.92 Å². The fourth-order valence-corrected chi connectivity index (χ4v) is 4.22. The van der Waals surface area contributed by atoms with Gasteiger partial charge in [-0.1, -0.05) is 30.3 Å². The number of carbonyl (C=O) groups excluding carboxylic acids is 2. The first-order valence-electron chi connectivity index (χ1n) is 12.6. The second kappa shape index (κ2) is 11.7. The van der Waals surface area contributed by atoms with Crippen molar-refractivity contribution in [3.63, 3.8) is 0 Å². The van der Waals surface area contributed by atoms with Gasteiger partial charge in [-0.3, -0.25) is 20.0 Å². The third kappa shape index (κ3) is 5.91. The van der Waals surface area contributed by atoms with Crippen LogP contribution >= 0.6 is 0 Å². The lowest BCUT2D eigenvalue weighted by molar-refractivity contribution is -0.115. The Balaban J connectivity index is 1.34. The number of amides is 1. The van der Waals surface area contributed by atoms with Gasteiger partial charge in [-0.15, -0.1) is 0 Å². The Morgan fingerprint density at radius 1 is 0.976 bits per heavy atom. The number of anilines is 2. The maximum absolute atomic E-state index is 15.1. The van der Waals surface area contributed by atoms with E-state index in [9.17, 15) is 14.0 Å². The smallest absolute Gasteiger partial charge is 0.260 e. The van der Waals surface area contributed by atoms with Gasteiger partial charge < -0.3 is 15.0 Å². The third-order valence-electron chi connectivity index (χ3n) is 6.43. The molecule has 3 N–H and O–H groups in total. The number of aromatic amines is 1. The second-order valence-corrected chi connectivity index (χ2v) is 9.10. The van der Waals surface area contributed by atoms with E-state index in [0.717, 1.165) is 17.2 Å². The van der Waals surface area contributed by atoms with Gasteiger partial charge in [0.1, 0.15) is 22.8 Å². The van der Waals surface area contributed by atoms with Crippen molar-refractivity contribution in [2.45, 2.75) is 6.92 Å². The van der Waals surface area contributed by atoms with Crippen LogP contribution in [0.25, 0.3) is 22.2 Å². The standard InChI is InChI=1S/C31H25F2N5O3/c1-19(38(2)37-22-10-8-21(32)9-11-22)25(18-39)31(40)36-23-12-13-27(26(33)16-23)41-28-14-15-34-30-29(28)24(17-35-30)20-6-4-3-5-7-20/h3-18,37H,1-2H3,(H,34,35)(H,36,40)/b25-19+. The average molecular weight is 554 g/mol. The van der Waals surface area contributed by atoms with Crippen molar-refractivity contribution in [1.82, 2.24) is 15.0 Å². The van der Waals surface area contributed by atoms with E-state index in [-0.39, 0.29) is 17.0 Å². The molecule has 0 radical (unpaired) electrons. The molecule has 0 aliphatic rings. The molecule has 41 heavy (non-hydrogen) atoms. The number of pyridine rings is 1. The van der Waals surface area contributed by atoms with Gasteiger partial charge in [0.25, 0.3) is 5.91 Å². The van der Waals surface area contributed by atoms with Crippen LogP contribution in [0.2, 0.25) is 0 Å². The SMILES string of the molecule is C/C(=C(/C=O)C(=O)Nc1ccc(Oc2ccnc3[nH]cc(-c4ccccc4)c23)c(F)c1)N(C)Nc1ccc(F)cc1. The van der Waals surface area contributed by atoms with Crippen molar-refractivity contribution in [2.75, 3.05) is 17.8 Å². The molecule has 10 heteroatoms. The summed E-state index contributed by atoms with van der Waals surface area (Å²) in [5, 5.41) is 4.70. The Hall–Kier alpha value is -5.51. The molecule has 0 unspecified atom stereocenters. The first-order valence-corrected chi connectivity index (χ1v) is 12.6. The first kappa shape index (κ1) is 27.1. The molecular formula is C31H25F2N5O3. The molecule has 2 heterocycles. The van der Waals surface area contributed by atoms with Gasteiger partial charge in [-0.25, -0.2) is 13.8 Å². The van der Waals surface area contributed by atoms with Crippen LogP contribution in [-0.2, 0) is 9.59 Å². The summed E-state index contributed by atoms with van der Waals surface area (Å²) in [6.45, 7) is 1.57. The summed E-state index contributed by atoms with van der Waals surface area (Å²) < 4.78 is 34.3. The number of carbonyl (C=O) groups is 2. The van der Waals surface area contributed by atoms with Crippen LogP contribution in [0, 0.1) is 11.6 Å². The van der Waals surface area contributed by atoms with Gasteiger partial charge in [0.05, 0.1) is 11.1 Å². The summed E-state index contributed by atoms with van der Waals surface area (Å²) in [5.41, 5.74) is 6.15. The summed E-state index contributed by atoms with van der Waals surface area (Å²) in [6.07, 6.45) is 3.80. The molecule has 8 nitrogen and oxygen atoms in total. The number of halogens is 2. The Kier molecular flexibility index (Phi) is 7.73. The largest absolute Gasteiger partial charge is 0.453 e. The van der Waals surface area contributed by atoms with Crippen LogP contribution < -0.4 is 15.5 Å². The molecule has 1 amide bonds. The molecule has 2 aromatic heterocycles. The second-order valence-electron chi connectivity index (χ2n) is 9.10. The highest BCUT2D eigenvalue weighted by Gasteiger charge is 2.18. The molecule has 0 bridgehead atoms. The van der Waals surface area contributed by atoms with E-state index in [0.29, 0.717) is 34.5 Å². The monoisotopic (exact) mass is 553 g/mol. The Morgan fingerprint density at radius 2 is 1.71 bits per heavy atom. The fourth-order valence-electron chi connectivity index (χ4n) is 4.22. The zero-order valence-corrected chi connectivity index (χ0v) is 22.1. The molecule has 206 valence electrons. The summed E-state index contributed by atoms with van der Waals surface area (Å²) in [6, 6.07) is 20.9. The topological polar surface area (TPSA) is 99.4 Å². The van der Waals surface area contributed by atoms with Crippen molar-refractivity contribution in [3.8, 4) is 22.6 Å². The van der Waals surface area contributed by atoms with E-state index < -0.39 is 17.5 Å². The zero-order valence-electron chi connectivity index (χ0n) is 22.1. The number of aromatic nitrogens is 2. The van der Waals surface area contributed by atoms with E-state index >= 15 is 4.39 Å². The number of hydrogen-bond acceptors (Lipinski definition) is 6. The van der Waals surface area contributed by atoms with Crippen molar-refractivity contribution in [3.05, 3.63) is 114 Å². The molecular weight excluding hydrogens is 528 g/mol. The van der Waals surface area contributed by atoms with Gasteiger partial charge >= 0.3 is 0 Å². The van der Waals surface area contributed by atoms with Crippen LogP contribution in [0.4, 0.5) is 20.2 Å². The number of nitrogens with one attached hydrogen (secondary N) is 3. The number of nitrogens with zero attached hydrogens (tertiary/aromatic N) is 2. The van der Waals surface area contributed by atoms with E-state index in [1.54, 1.807) is 26.2 Å². The van der Waals surface area contributed by atoms with Crippen molar-refractivity contribution >= 4 is 34.6 Å². The van der Waals surface area contributed by atoms with E-state index in [2.05, 4.69) is 20.7 Å². The van der Waals surface area contributed by atoms with E-state index in [1.165, 1.54) is 41.4 Å². The highest BCUT2D eigenvalue weighted by molar-refractivity contribution is 6.17. The highest BCUT2D eigenvalue weighted by atomic mass is 19.1. The molecule has 0 aliphatic carbocycles.